The topological polar surface area (TPSA) is 451 Å². The lowest BCUT2D eigenvalue weighted by Crippen LogP contribution is -2.64. The zero-order valence-corrected chi connectivity index (χ0v) is 49.6. The van der Waals surface area contributed by atoms with E-state index in [-0.39, 0.29) is 70.1 Å². The summed E-state index contributed by atoms with van der Waals surface area (Å²) in [5, 5.41) is 50.5. The Hall–Kier alpha value is -7.18. The van der Waals surface area contributed by atoms with Gasteiger partial charge in [-0.1, -0.05) is 82.3 Å². The fourth-order valence-electron chi connectivity index (χ4n) is 9.77. The van der Waals surface area contributed by atoms with E-state index in [4.69, 9.17) is 22.9 Å². The van der Waals surface area contributed by atoms with Crippen molar-refractivity contribution in [3.63, 3.8) is 0 Å². The number of carbonyl (C=O) groups excluding carboxylic acids is 10. The van der Waals surface area contributed by atoms with Gasteiger partial charge in [0.05, 0.1) is 12.2 Å². The lowest BCUT2D eigenvalue weighted by atomic mass is 9.98. The van der Waals surface area contributed by atoms with Crippen molar-refractivity contribution in [1.82, 2.24) is 63.4 Å². The third-order valence-electron chi connectivity index (χ3n) is 14.4. The lowest BCUT2D eigenvalue weighted by Gasteiger charge is -2.37. The number of piperazine rings is 1. The van der Waals surface area contributed by atoms with E-state index in [1.54, 1.807) is 26.0 Å². The van der Waals surface area contributed by atoms with Crippen LogP contribution in [-0.2, 0) is 54.4 Å². The molecule has 0 aromatic heterocycles. The van der Waals surface area contributed by atoms with Gasteiger partial charge in [-0.05, 0) is 94.1 Å². The fraction of sp³-hybridized carbons (Fsp3) is 0.614. The number of nitrogens with one attached hydrogen (secondary N) is 11. The minimum atomic E-state index is -1.67. The van der Waals surface area contributed by atoms with E-state index in [0.717, 1.165) is 11.1 Å². The number of amides is 10. The molecule has 0 bridgehead atoms. The largest absolute Gasteiger partial charge is 0.391 e. The molecule has 0 unspecified atom stereocenters. The van der Waals surface area contributed by atoms with E-state index in [1.807, 2.05) is 61.2 Å². The standard InChI is InChI=1S/C57H92N16O12/c1-31(2)26-42-52(80)66-38(16-20-58)48(76)65-40(18-22-60)51(79)71-46(33(5)74)56(84)63-23-19-41(67-54(82)44(28-61)70-57(85)47(34(6)75)72-55(83)45-29-62-24-25-73(45)30-32(3)4)50(78)64-39(17-21-59)49(77)69-43(53(81)68-42)27-35-12-14-37(15-13-35)36-10-8-7-9-11-36/h7-15,31-34,38-47,62,74-75H,16-30,58-61H2,1-6H3,(H,63,84)(H,64,78)(H,65,76)(H,66,80)(H,67,82)(H,68,81)(H,69,77)(H,70,85)(H,71,79)(H,72,83)/t33-,34-,38+,39+,40+,41+,42+,43-,44+,45+,46+,47+/m1/s1. The van der Waals surface area contributed by atoms with Crippen LogP contribution in [0.2, 0.25) is 0 Å². The van der Waals surface area contributed by atoms with Gasteiger partial charge in [0, 0.05) is 45.7 Å². The van der Waals surface area contributed by atoms with Crippen molar-refractivity contribution in [1.29, 1.82) is 0 Å². The third kappa shape index (κ3) is 22.3. The molecule has 0 saturated carbocycles. The summed E-state index contributed by atoms with van der Waals surface area (Å²) in [4.78, 5) is 143. The van der Waals surface area contributed by atoms with E-state index in [1.165, 1.54) is 13.8 Å². The van der Waals surface area contributed by atoms with Crippen LogP contribution in [0, 0.1) is 11.8 Å². The third-order valence-corrected chi connectivity index (χ3v) is 14.4. The SMILES string of the molecule is CC(C)C[C@@H]1NC(=O)[C@@H](Cc2ccc(-c3ccccc3)cc2)NC(=O)[C@H](CCN)NC(=O)[C@@H](NC(=O)[C@H](CN)NC(=O)[C@@H](NC(=O)[C@@H]2CNCCN2CC(C)C)[C@@H](C)O)CCNC(=O)[C@H]([C@@H](C)O)NC(=O)[C@H](CCN)NC(=O)[C@H](CCN)NC1=O. The predicted octanol–water partition coefficient (Wildman–Crippen LogP) is -5.48. The molecule has 0 spiro atoms. The van der Waals surface area contributed by atoms with E-state index >= 15 is 0 Å². The van der Waals surface area contributed by atoms with Crippen molar-refractivity contribution in [3.8, 4) is 11.1 Å². The summed E-state index contributed by atoms with van der Waals surface area (Å²) in [5.74, 6) is -8.89. The predicted molar refractivity (Wildman–Crippen MR) is 317 cm³/mol. The number of hydrogen-bond acceptors (Lipinski definition) is 18. The van der Waals surface area contributed by atoms with Crippen LogP contribution in [0.5, 0.6) is 0 Å². The van der Waals surface area contributed by atoms with Gasteiger partial charge >= 0.3 is 0 Å². The van der Waals surface area contributed by atoms with Gasteiger partial charge in [0.25, 0.3) is 0 Å². The number of aliphatic hydroxyl groups excluding tert-OH is 2. The van der Waals surface area contributed by atoms with Crippen molar-refractivity contribution in [2.45, 2.75) is 153 Å². The molecule has 2 aliphatic heterocycles. The lowest BCUT2D eigenvalue weighted by molar-refractivity contribution is -0.137. The summed E-state index contributed by atoms with van der Waals surface area (Å²) < 4.78 is 0. The molecule has 12 atom stereocenters. The maximum Gasteiger partial charge on any atom is 0.245 e. The monoisotopic (exact) mass is 1190 g/mol. The van der Waals surface area contributed by atoms with E-state index in [0.29, 0.717) is 25.2 Å². The van der Waals surface area contributed by atoms with Gasteiger partial charge in [-0.15, -0.1) is 0 Å². The highest BCUT2D eigenvalue weighted by Gasteiger charge is 2.38. The van der Waals surface area contributed by atoms with Crippen LogP contribution in [0.15, 0.2) is 54.6 Å². The summed E-state index contributed by atoms with van der Waals surface area (Å²) in [6.45, 7) is 10.7. The molecule has 4 rings (SSSR count). The average molecular weight is 1190 g/mol. The smallest absolute Gasteiger partial charge is 0.245 e. The van der Waals surface area contributed by atoms with Crippen molar-refractivity contribution < 1.29 is 58.2 Å². The molecular weight excluding hydrogens is 1100 g/mol. The number of nitrogens with zero attached hydrogens (tertiary/aromatic N) is 1. The molecule has 0 radical (unpaired) electrons. The zero-order chi connectivity index (χ0) is 62.9. The Balaban J connectivity index is 1.75. The fourth-order valence-corrected chi connectivity index (χ4v) is 9.77. The first-order chi connectivity index (χ1) is 40.4. The Labute approximate surface area is 496 Å². The Bertz CT molecular complexity index is 2540. The Morgan fingerprint density at radius 2 is 1.12 bits per heavy atom. The molecular formula is C57H92N16O12. The molecule has 472 valence electrons. The van der Waals surface area contributed by atoms with Crippen LogP contribution in [0.3, 0.4) is 0 Å². The van der Waals surface area contributed by atoms with Crippen molar-refractivity contribution in [3.05, 3.63) is 60.2 Å². The molecule has 2 aromatic carbocycles. The minimum Gasteiger partial charge on any atom is -0.391 e. The maximum atomic E-state index is 14.7. The van der Waals surface area contributed by atoms with Gasteiger partial charge in [-0.25, -0.2) is 0 Å². The number of nitrogens with two attached hydrogens (primary N) is 4. The second kappa shape index (κ2) is 35.3. The molecule has 85 heavy (non-hydrogen) atoms. The van der Waals surface area contributed by atoms with Gasteiger partial charge in [0.15, 0.2) is 0 Å². The van der Waals surface area contributed by atoms with Gasteiger partial charge in [0.1, 0.15) is 60.4 Å². The normalized spacial score (nSPS) is 24.4. The van der Waals surface area contributed by atoms with Crippen LogP contribution < -0.4 is 81.4 Å². The number of hydrogen-bond donors (Lipinski definition) is 17. The van der Waals surface area contributed by atoms with E-state index in [2.05, 4.69) is 58.5 Å². The molecule has 2 fully saturated rings. The minimum absolute atomic E-state index is 0.0447. The summed E-state index contributed by atoms with van der Waals surface area (Å²) in [5.41, 5.74) is 26.2. The first-order valence-electron chi connectivity index (χ1n) is 29.2. The molecule has 2 heterocycles. The quantitative estimate of drug-likeness (QED) is 0.0523. The molecule has 2 aromatic rings. The first-order valence-corrected chi connectivity index (χ1v) is 29.2. The molecule has 0 aliphatic carbocycles. The van der Waals surface area contributed by atoms with Crippen molar-refractivity contribution in [2.75, 3.05) is 58.9 Å². The molecule has 21 N–H and O–H groups in total. The summed E-state index contributed by atoms with van der Waals surface area (Å²) in [7, 11) is 0. The second-order valence-corrected chi connectivity index (χ2v) is 22.4. The van der Waals surface area contributed by atoms with Gasteiger partial charge in [-0.2, -0.15) is 0 Å². The Morgan fingerprint density at radius 3 is 1.65 bits per heavy atom. The van der Waals surface area contributed by atoms with Crippen LogP contribution >= 0.6 is 0 Å². The van der Waals surface area contributed by atoms with Gasteiger partial charge < -0.3 is 91.6 Å². The van der Waals surface area contributed by atoms with Gasteiger partial charge in [-0.3, -0.25) is 52.8 Å². The van der Waals surface area contributed by atoms with Crippen LogP contribution in [0.4, 0.5) is 0 Å². The highest BCUT2D eigenvalue weighted by molar-refractivity contribution is 5.99. The molecule has 28 heteroatoms. The van der Waals surface area contributed by atoms with Crippen molar-refractivity contribution >= 4 is 59.1 Å². The Morgan fingerprint density at radius 1 is 0.600 bits per heavy atom. The number of carbonyl (C=O) groups is 10. The highest BCUT2D eigenvalue weighted by Crippen LogP contribution is 2.20. The second-order valence-electron chi connectivity index (χ2n) is 22.4. The zero-order valence-electron chi connectivity index (χ0n) is 49.6. The average Bonchev–Trinajstić information content (AvgIpc) is 3.68. The number of benzene rings is 2. The highest BCUT2D eigenvalue weighted by atomic mass is 16.3. The maximum absolute atomic E-state index is 14.7. The van der Waals surface area contributed by atoms with Gasteiger partial charge in [0.2, 0.25) is 59.1 Å². The summed E-state index contributed by atoms with van der Waals surface area (Å²) >= 11 is 0. The summed E-state index contributed by atoms with van der Waals surface area (Å²) in [6.07, 6.45) is -4.07. The van der Waals surface area contributed by atoms with E-state index < -0.39 is 151 Å². The molecule has 28 nitrogen and oxygen atoms in total. The number of rotatable bonds is 22. The molecule has 2 saturated heterocycles. The summed E-state index contributed by atoms with van der Waals surface area (Å²) in [6, 6.07) is 2.52. The molecule has 2 aliphatic rings. The number of aliphatic hydroxyl groups is 2. The van der Waals surface area contributed by atoms with Crippen LogP contribution in [0.1, 0.15) is 79.2 Å². The van der Waals surface area contributed by atoms with Crippen LogP contribution in [0.25, 0.3) is 11.1 Å². The Kier molecular flexibility index (Phi) is 29.2. The molecule has 10 amide bonds. The van der Waals surface area contributed by atoms with Crippen molar-refractivity contribution in [2.24, 2.45) is 34.8 Å². The first kappa shape index (κ1) is 70.3. The van der Waals surface area contributed by atoms with E-state index in [9.17, 15) is 58.2 Å². The van der Waals surface area contributed by atoms with Crippen LogP contribution in [-0.4, -0.2) is 206 Å².